The van der Waals surface area contributed by atoms with Gasteiger partial charge in [-0.25, -0.2) is 8.42 Å². The second-order valence-corrected chi connectivity index (χ2v) is 8.28. The molecule has 0 aliphatic carbocycles. The second kappa shape index (κ2) is 8.13. The van der Waals surface area contributed by atoms with Gasteiger partial charge in [-0.3, -0.25) is 0 Å². The molecule has 22 heavy (non-hydrogen) atoms. The molecular formula is C17H25NO3S. The third kappa shape index (κ3) is 5.64. The van der Waals surface area contributed by atoms with E-state index in [1.165, 1.54) is 0 Å². The van der Waals surface area contributed by atoms with Crippen molar-refractivity contribution in [1.29, 1.82) is 0 Å². The lowest BCUT2D eigenvalue weighted by molar-refractivity contribution is 0.352. The predicted octanol–water partition coefficient (Wildman–Crippen LogP) is 3.93. The van der Waals surface area contributed by atoms with E-state index in [-0.39, 0.29) is 5.90 Å². The lowest BCUT2D eigenvalue weighted by Gasteiger charge is -2.16. The van der Waals surface area contributed by atoms with Gasteiger partial charge in [0.05, 0.1) is 4.75 Å². The number of nitrogens with zero attached hydrogens (tertiary/aromatic N) is 1. The van der Waals surface area contributed by atoms with Crippen molar-refractivity contribution in [3.8, 4) is 0 Å². The first-order chi connectivity index (χ1) is 10.3. The Morgan fingerprint density at radius 1 is 1.18 bits per heavy atom. The molecule has 122 valence electrons. The predicted molar refractivity (Wildman–Crippen MR) is 91.7 cm³/mol. The van der Waals surface area contributed by atoms with Gasteiger partial charge in [0.25, 0.3) is 10.0 Å². The number of ether oxygens (including phenoxy) is 1. The van der Waals surface area contributed by atoms with Crippen LogP contribution in [0.4, 0.5) is 0 Å². The maximum atomic E-state index is 12.3. The van der Waals surface area contributed by atoms with Gasteiger partial charge >= 0.3 is 0 Å². The van der Waals surface area contributed by atoms with Crippen molar-refractivity contribution in [1.82, 2.24) is 0 Å². The van der Waals surface area contributed by atoms with Crippen LogP contribution in [0.25, 0.3) is 0 Å². The summed E-state index contributed by atoms with van der Waals surface area (Å²) in [5.41, 5.74) is 0.652. The Kier molecular flexibility index (Phi) is 6.81. The highest BCUT2D eigenvalue weighted by Crippen LogP contribution is 2.18. The first kappa shape index (κ1) is 18.4. The van der Waals surface area contributed by atoms with Crippen LogP contribution in [-0.2, 0) is 14.8 Å². The van der Waals surface area contributed by atoms with Crippen LogP contribution in [0.1, 0.15) is 46.1 Å². The lowest BCUT2D eigenvalue weighted by Crippen LogP contribution is -2.27. The number of hydrogen-bond donors (Lipinski definition) is 0. The number of rotatable bonds is 6. The van der Waals surface area contributed by atoms with Gasteiger partial charge < -0.3 is 4.74 Å². The Hall–Kier alpha value is -1.62. The maximum Gasteiger partial charge on any atom is 0.261 e. The molecule has 4 nitrogen and oxygen atoms in total. The molecule has 1 rings (SSSR count). The number of hydrogen-bond acceptors (Lipinski definition) is 3. The highest BCUT2D eigenvalue weighted by molar-refractivity contribution is 7.91. The van der Waals surface area contributed by atoms with Crippen LogP contribution in [0.15, 0.2) is 46.9 Å². The standard InChI is InChI=1S/C17H25NO3S/c1-5-6-7-11-14-21-16(15-12-9-8-10-13-15)18-22(19,20)17(2,3)4/h7-13H,5-6,14H2,1-4H3. The molecule has 0 radical (unpaired) electrons. The SMILES string of the molecule is CCCC=CCOC(=NS(=O)(=O)C(C)(C)C)c1ccccc1. The summed E-state index contributed by atoms with van der Waals surface area (Å²) in [6.07, 6.45) is 5.93. The zero-order valence-corrected chi connectivity index (χ0v) is 14.6. The number of sulfonamides is 1. The van der Waals surface area contributed by atoms with Gasteiger partial charge in [0.1, 0.15) is 6.61 Å². The highest BCUT2D eigenvalue weighted by atomic mass is 32.2. The molecule has 0 heterocycles. The summed E-state index contributed by atoms with van der Waals surface area (Å²) in [4.78, 5) is 0. The Morgan fingerprint density at radius 2 is 1.82 bits per heavy atom. The first-order valence-corrected chi connectivity index (χ1v) is 8.89. The molecule has 0 aromatic heterocycles. The molecule has 5 heteroatoms. The summed E-state index contributed by atoms with van der Waals surface area (Å²) in [6.45, 7) is 7.26. The summed E-state index contributed by atoms with van der Waals surface area (Å²) in [5.74, 6) is 0.136. The normalized spacial score (nSPS) is 13.5. The first-order valence-electron chi connectivity index (χ1n) is 7.45. The topological polar surface area (TPSA) is 55.7 Å². The Balaban J connectivity index is 3.03. The van der Waals surface area contributed by atoms with Gasteiger partial charge in [-0.15, -0.1) is 4.40 Å². The molecule has 0 saturated carbocycles. The minimum Gasteiger partial charge on any atom is -0.473 e. The third-order valence-corrected chi connectivity index (χ3v) is 4.89. The van der Waals surface area contributed by atoms with Crippen molar-refractivity contribution in [2.75, 3.05) is 6.61 Å². The molecule has 0 spiro atoms. The fourth-order valence-electron chi connectivity index (χ4n) is 1.47. The van der Waals surface area contributed by atoms with Crippen LogP contribution in [0, 0.1) is 0 Å². The van der Waals surface area contributed by atoms with Crippen LogP contribution >= 0.6 is 0 Å². The fraction of sp³-hybridized carbons (Fsp3) is 0.471. The molecule has 0 amide bonds. The molecule has 0 fully saturated rings. The number of allylic oxidation sites excluding steroid dienone is 1. The molecule has 1 aromatic carbocycles. The van der Waals surface area contributed by atoms with E-state index in [1.54, 1.807) is 32.9 Å². The summed E-state index contributed by atoms with van der Waals surface area (Å²) in [5, 5.41) is 0. The van der Waals surface area contributed by atoms with Gasteiger partial charge in [0.2, 0.25) is 5.90 Å². The van der Waals surface area contributed by atoms with Gasteiger partial charge in [0.15, 0.2) is 0 Å². The van der Waals surface area contributed by atoms with E-state index in [9.17, 15) is 8.42 Å². The average molecular weight is 323 g/mol. The van der Waals surface area contributed by atoms with Crippen LogP contribution in [-0.4, -0.2) is 25.7 Å². The van der Waals surface area contributed by atoms with Gasteiger partial charge in [-0.2, -0.15) is 0 Å². The van der Waals surface area contributed by atoms with Crippen LogP contribution in [0.5, 0.6) is 0 Å². The Bertz CT molecular complexity index is 611. The van der Waals surface area contributed by atoms with E-state index < -0.39 is 14.8 Å². The van der Waals surface area contributed by atoms with E-state index in [0.717, 1.165) is 12.8 Å². The molecule has 1 aromatic rings. The molecule has 0 saturated heterocycles. The van der Waals surface area contributed by atoms with Crippen molar-refractivity contribution < 1.29 is 13.2 Å². The van der Waals surface area contributed by atoms with E-state index >= 15 is 0 Å². The van der Waals surface area contributed by atoms with E-state index in [1.807, 2.05) is 30.4 Å². The minimum atomic E-state index is -3.65. The van der Waals surface area contributed by atoms with Crippen LogP contribution in [0.2, 0.25) is 0 Å². The van der Waals surface area contributed by atoms with E-state index in [0.29, 0.717) is 12.2 Å². The second-order valence-electron chi connectivity index (χ2n) is 5.92. The van der Waals surface area contributed by atoms with Crippen molar-refractivity contribution in [2.24, 2.45) is 4.40 Å². The zero-order valence-electron chi connectivity index (χ0n) is 13.7. The van der Waals surface area contributed by atoms with Crippen molar-refractivity contribution >= 4 is 15.9 Å². The van der Waals surface area contributed by atoms with Crippen molar-refractivity contribution in [2.45, 2.75) is 45.3 Å². The van der Waals surface area contributed by atoms with Crippen molar-refractivity contribution in [3.63, 3.8) is 0 Å². The summed E-state index contributed by atoms with van der Waals surface area (Å²) < 4.78 is 33.1. The monoisotopic (exact) mass is 323 g/mol. The number of benzene rings is 1. The summed E-state index contributed by atoms with van der Waals surface area (Å²) >= 11 is 0. The smallest absolute Gasteiger partial charge is 0.261 e. The number of unbranched alkanes of at least 4 members (excludes halogenated alkanes) is 1. The summed E-state index contributed by atoms with van der Waals surface area (Å²) in [7, 11) is -3.65. The van der Waals surface area contributed by atoms with Gasteiger partial charge in [-0.05, 0) is 39.3 Å². The molecule has 0 N–H and O–H groups in total. The molecule has 0 atom stereocenters. The maximum absolute atomic E-state index is 12.3. The van der Waals surface area contributed by atoms with E-state index in [4.69, 9.17) is 4.74 Å². The quantitative estimate of drug-likeness (QED) is 0.453. The summed E-state index contributed by atoms with van der Waals surface area (Å²) in [6, 6.07) is 9.08. The molecule has 0 bridgehead atoms. The lowest BCUT2D eigenvalue weighted by atomic mass is 10.2. The molecular weight excluding hydrogens is 298 g/mol. The van der Waals surface area contributed by atoms with Gasteiger partial charge in [0, 0.05) is 5.56 Å². The van der Waals surface area contributed by atoms with E-state index in [2.05, 4.69) is 11.3 Å². The highest BCUT2D eigenvalue weighted by Gasteiger charge is 2.29. The zero-order chi connectivity index (χ0) is 16.6. The Labute approximate surface area is 134 Å². The van der Waals surface area contributed by atoms with Gasteiger partial charge in [-0.1, -0.05) is 43.7 Å². The van der Waals surface area contributed by atoms with Crippen LogP contribution in [0.3, 0.4) is 0 Å². The fourth-order valence-corrected chi connectivity index (χ4v) is 2.12. The average Bonchev–Trinajstić information content (AvgIpc) is 2.45. The molecule has 0 aliphatic rings. The third-order valence-electron chi connectivity index (χ3n) is 2.94. The Morgan fingerprint density at radius 3 is 2.36 bits per heavy atom. The molecule has 0 aliphatic heterocycles. The largest absolute Gasteiger partial charge is 0.473 e. The van der Waals surface area contributed by atoms with Crippen molar-refractivity contribution in [3.05, 3.63) is 48.0 Å². The minimum absolute atomic E-state index is 0.136. The molecule has 0 unspecified atom stereocenters. The van der Waals surface area contributed by atoms with Crippen LogP contribution < -0.4 is 0 Å².